The molecule has 1 aromatic carbocycles. The molecule has 1 saturated heterocycles. The maximum atomic E-state index is 14.7. The van der Waals surface area contributed by atoms with Crippen LogP contribution in [0.2, 0.25) is 0 Å². The molecule has 2 fully saturated rings. The van der Waals surface area contributed by atoms with E-state index in [1.807, 2.05) is 0 Å². The zero-order chi connectivity index (χ0) is 17.6. The van der Waals surface area contributed by atoms with E-state index in [9.17, 15) is 8.78 Å². The van der Waals surface area contributed by atoms with Gasteiger partial charge in [0.05, 0.1) is 19.3 Å². The minimum Gasteiger partial charge on any atom is -0.384 e. The Morgan fingerprint density at radius 2 is 2.15 bits per heavy atom. The lowest BCUT2D eigenvalue weighted by molar-refractivity contribution is -0.0760. The Balaban J connectivity index is 0.00000196. The van der Waals surface area contributed by atoms with Crippen LogP contribution in [0.15, 0.2) is 23.2 Å². The SMILES string of the molecule is COC[C@H]1SC(N)=N[C@@]2(c3ccc(F)cc3F)CO[C@@H](C3CC3)C[C@@H]12.Cl. The molecule has 0 unspecified atom stereocenters. The molecule has 1 aliphatic carbocycles. The lowest BCUT2D eigenvalue weighted by atomic mass is 9.71. The molecule has 4 nitrogen and oxygen atoms in total. The molecule has 1 aromatic rings. The molecule has 4 rings (SSSR count). The van der Waals surface area contributed by atoms with Gasteiger partial charge in [-0.05, 0) is 31.2 Å². The molecule has 2 aliphatic heterocycles. The molecule has 0 radical (unpaired) electrons. The molecule has 4 atom stereocenters. The molecule has 3 aliphatic rings. The molecular formula is C18H23ClF2N2O2S. The van der Waals surface area contributed by atoms with E-state index >= 15 is 0 Å². The molecule has 26 heavy (non-hydrogen) atoms. The first-order valence-electron chi connectivity index (χ1n) is 8.61. The number of rotatable bonds is 4. The van der Waals surface area contributed by atoms with Gasteiger partial charge in [0.15, 0.2) is 5.17 Å². The highest BCUT2D eigenvalue weighted by molar-refractivity contribution is 8.14. The Morgan fingerprint density at radius 3 is 2.81 bits per heavy atom. The summed E-state index contributed by atoms with van der Waals surface area (Å²) in [6.07, 6.45) is 3.33. The van der Waals surface area contributed by atoms with Gasteiger partial charge >= 0.3 is 0 Å². The van der Waals surface area contributed by atoms with Gasteiger partial charge in [0.1, 0.15) is 17.2 Å². The second-order valence-electron chi connectivity index (χ2n) is 7.14. The summed E-state index contributed by atoms with van der Waals surface area (Å²) in [5.41, 5.74) is 5.52. The van der Waals surface area contributed by atoms with Gasteiger partial charge in [-0.1, -0.05) is 17.8 Å². The summed E-state index contributed by atoms with van der Waals surface area (Å²) in [7, 11) is 1.65. The zero-order valence-corrected chi connectivity index (χ0v) is 16.1. The van der Waals surface area contributed by atoms with Gasteiger partial charge in [0.25, 0.3) is 0 Å². The Hall–Kier alpha value is -0.890. The minimum atomic E-state index is -0.915. The summed E-state index contributed by atoms with van der Waals surface area (Å²) in [5.74, 6) is -0.577. The van der Waals surface area contributed by atoms with Gasteiger partial charge in [0, 0.05) is 29.9 Å². The average Bonchev–Trinajstić information content (AvgIpc) is 3.39. The predicted octanol–water partition coefficient (Wildman–Crippen LogP) is 3.47. The number of ether oxygens (including phenoxy) is 2. The first-order valence-corrected chi connectivity index (χ1v) is 9.49. The van der Waals surface area contributed by atoms with E-state index in [2.05, 4.69) is 4.99 Å². The Labute approximate surface area is 162 Å². The largest absolute Gasteiger partial charge is 0.384 e. The fourth-order valence-corrected chi connectivity index (χ4v) is 5.41. The lowest BCUT2D eigenvalue weighted by Gasteiger charge is -2.49. The maximum absolute atomic E-state index is 14.7. The Bertz CT molecular complexity index is 704. The number of hydrogen-bond donors (Lipinski definition) is 1. The molecule has 0 aromatic heterocycles. The van der Waals surface area contributed by atoms with E-state index in [1.165, 1.54) is 36.7 Å². The van der Waals surface area contributed by atoms with Crippen molar-refractivity contribution in [2.24, 2.45) is 22.6 Å². The van der Waals surface area contributed by atoms with Crippen molar-refractivity contribution in [2.45, 2.75) is 36.2 Å². The van der Waals surface area contributed by atoms with Crippen molar-refractivity contribution >= 4 is 29.3 Å². The molecule has 2 N–H and O–H groups in total. The summed E-state index contributed by atoms with van der Waals surface area (Å²) in [6, 6.07) is 3.66. The van der Waals surface area contributed by atoms with E-state index in [4.69, 9.17) is 15.2 Å². The van der Waals surface area contributed by atoms with E-state index < -0.39 is 17.2 Å². The topological polar surface area (TPSA) is 56.8 Å². The summed E-state index contributed by atoms with van der Waals surface area (Å²) in [6.45, 7) is 0.774. The summed E-state index contributed by atoms with van der Waals surface area (Å²) in [4.78, 5) is 4.66. The van der Waals surface area contributed by atoms with Crippen LogP contribution in [0, 0.1) is 23.5 Å². The number of aliphatic imine (C=N–C) groups is 1. The van der Waals surface area contributed by atoms with Crippen molar-refractivity contribution in [2.75, 3.05) is 20.3 Å². The Morgan fingerprint density at radius 1 is 1.38 bits per heavy atom. The molecule has 1 saturated carbocycles. The van der Waals surface area contributed by atoms with Crippen LogP contribution in [-0.2, 0) is 15.0 Å². The smallest absolute Gasteiger partial charge is 0.155 e. The molecular weight excluding hydrogens is 382 g/mol. The van der Waals surface area contributed by atoms with Gasteiger partial charge in [-0.3, -0.25) is 0 Å². The molecule has 144 valence electrons. The second-order valence-corrected chi connectivity index (χ2v) is 8.40. The third-order valence-electron chi connectivity index (χ3n) is 5.52. The number of thioether (sulfide) groups is 1. The quantitative estimate of drug-likeness (QED) is 0.834. The van der Waals surface area contributed by atoms with Crippen molar-refractivity contribution in [3.05, 3.63) is 35.4 Å². The number of halogens is 3. The maximum Gasteiger partial charge on any atom is 0.155 e. The predicted molar refractivity (Wildman–Crippen MR) is 101 cm³/mol. The van der Waals surface area contributed by atoms with Gasteiger partial charge in [0.2, 0.25) is 0 Å². The monoisotopic (exact) mass is 404 g/mol. The first-order chi connectivity index (χ1) is 12.0. The highest BCUT2D eigenvalue weighted by atomic mass is 35.5. The fraction of sp³-hybridized carbons (Fsp3) is 0.611. The van der Waals surface area contributed by atoms with E-state index in [1.54, 1.807) is 7.11 Å². The van der Waals surface area contributed by atoms with Crippen LogP contribution in [0.5, 0.6) is 0 Å². The first kappa shape index (κ1) is 19.9. The van der Waals surface area contributed by atoms with Crippen molar-refractivity contribution in [1.82, 2.24) is 0 Å². The number of benzene rings is 1. The molecule has 2 heterocycles. The van der Waals surface area contributed by atoms with Gasteiger partial charge < -0.3 is 15.2 Å². The molecule has 0 amide bonds. The van der Waals surface area contributed by atoms with Crippen LogP contribution in [0.4, 0.5) is 8.78 Å². The molecule has 0 spiro atoms. The van der Waals surface area contributed by atoms with Crippen LogP contribution in [0.1, 0.15) is 24.8 Å². The van der Waals surface area contributed by atoms with E-state index in [0.717, 1.165) is 12.5 Å². The zero-order valence-electron chi connectivity index (χ0n) is 14.5. The highest BCUT2D eigenvalue weighted by Crippen LogP contribution is 2.52. The van der Waals surface area contributed by atoms with Crippen LogP contribution in [-0.4, -0.2) is 36.8 Å². The third-order valence-corrected chi connectivity index (χ3v) is 6.62. The highest BCUT2D eigenvalue weighted by Gasteiger charge is 2.54. The van der Waals surface area contributed by atoms with Gasteiger partial charge in [-0.25, -0.2) is 13.8 Å². The van der Waals surface area contributed by atoms with Crippen molar-refractivity contribution in [3.8, 4) is 0 Å². The lowest BCUT2D eigenvalue weighted by Crippen LogP contribution is -2.54. The standard InChI is InChI=1S/C18H22F2N2O2S.ClH/c1-23-8-16-13-7-15(10-2-3-10)24-9-18(13,22-17(21)25-16)12-5-4-11(19)6-14(12)20;/h4-6,10,13,15-16H,2-3,7-9H2,1H3,(H2,21,22);1H/t13-,15+,16+,18+;/m0./s1. The summed E-state index contributed by atoms with van der Waals surface area (Å²) < 4.78 is 39.6. The van der Waals surface area contributed by atoms with Crippen molar-refractivity contribution < 1.29 is 18.3 Å². The Kier molecular flexibility index (Phi) is 5.82. The average molecular weight is 405 g/mol. The molecule has 8 heteroatoms. The summed E-state index contributed by atoms with van der Waals surface area (Å²) >= 11 is 1.48. The third kappa shape index (κ3) is 3.46. The van der Waals surface area contributed by atoms with E-state index in [-0.39, 0.29) is 36.3 Å². The van der Waals surface area contributed by atoms with Gasteiger partial charge in [-0.15, -0.1) is 12.4 Å². The van der Waals surface area contributed by atoms with Crippen LogP contribution < -0.4 is 5.73 Å². The van der Waals surface area contributed by atoms with Crippen LogP contribution in [0.3, 0.4) is 0 Å². The van der Waals surface area contributed by atoms with Crippen LogP contribution in [0.25, 0.3) is 0 Å². The summed E-state index contributed by atoms with van der Waals surface area (Å²) in [5, 5.41) is 0.465. The molecule has 0 bridgehead atoms. The van der Waals surface area contributed by atoms with E-state index in [0.29, 0.717) is 23.3 Å². The number of hydrogen-bond acceptors (Lipinski definition) is 5. The normalized spacial score (nSPS) is 33.8. The number of nitrogens with two attached hydrogens (primary N) is 1. The van der Waals surface area contributed by atoms with Crippen molar-refractivity contribution in [3.63, 3.8) is 0 Å². The van der Waals surface area contributed by atoms with Crippen molar-refractivity contribution in [1.29, 1.82) is 0 Å². The fourth-order valence-electron chi connectivity index (χ4n) is 4.18. The second kappa shape index (κ2) is 7.62. The van der Waals surface area contributed by atoms with Crippen LogP contribution >= 0.6 is 24.2 Å². The number of amidine groups is 1. The number of methoxy groups -OCH3 is 1. The van der Waals surface area contributed by atoms with Gasteiger partial charge in [-0.2, -0.15) is 0 Å². The number of nitrogens with zero attached hydrogens (tertiary/aromatic N) is 1. The minimum absolute atomic E-state index is 0. The number of fused-ring (bicyclic) bond motifs is 1.